The third kappa shape index (κ3) is 4.01. The Kier molecular flexibility index (Phi) is 6.66. The highest BCUT2D eigenvalue weighted by Crippen LogP contribution is 2.40. The van der Waals surface area contributed by atoms with Gasteiger partial charge in [0.05, 0.1) is 23.2 Å². The van der Waals surface area contributed by atoms with Crippen molar-refractivity contribution < 1.29 is 19.4 Å². The van der Waals surface area contributed by atoms with Gasteiger partial charge in [-0.2, -0.15) is 0 Å². The molecular weight excluding hydrogens is 446 g/mol. The second-order valence-electron chi connectivity index (χ2n) is 7.66. The van der Waals surface area contributed by atoms with E-state index in [4.69, 9.17) is 4.74 Å². The topological polar surface area (TPSA) is 66.8 Å². The van der Waals surface area contributed by atoms with Crippen LogP contribution in [0, 0.1) is 0 Å². The molecule has 1 heterocycles. The zero-order valence-corrected chi connectivity index (χ0v) is 19.2. The van der Waals surface area contributed by atoms with Crippen LogP contribution in [-0.2, 0) is 9.59 Å². The molecular formula is C24H26BrNO4. The molecule has 1 fully saturated rings. The maximum atomic E-state index is 12.9. The van der Waals surface area contributed by atoms with Crippen LogP contribution < -0.4 is 4.74 Å². The molecule has 2 aromatic carbocycles. The van der Waals surface area contributed by atoms with Crippen LogP contribution in [-0.4, -0.2) is 35.4 Å². The number of aliphatic hydroxyl groups is 1. The average molecular weight is 472 g/mol. The highest BCUT2D eigenvalue weighted by molar-refractivity contribution is 9.10. The SMILES string of the molecule is CCCN1C(=O)C(=O)/C(=C(\O)c2ccc(OC)c(Br)c2)C1c1ccc(C(C)C)cc1. The number of carbonyl (C=O) groups excluding carboxylic acids is 2. The molecule has 1 unspecified atom stereocenters. The van der Waals surface area contributed by atoms with Crippen molar-refractivity contribution in [2.75, 3.05) is 13.7 Å². The van der Waals surface area contributed by atoms with Crippen LogP contribution in [0.15, 0.2) is 52.5 Å². The predicted molar refractivity (Wildman–Crippen MR) is 121 cm³/mol. The second-order valence-corrected chi connectivity index (χ2v) is 8.52. The number of hydrogen-bond acceptors (Lipinski definition) is 4. The molecule has 2 aromatic rings. The van der Waals surface area contributed by atoms with E-state index in [1.807, 2.05) is 31.2 Å². The first-order valence-corrected chi connectivity index (χ1v) is 10.8. The van der Waals surface area contributed by atoms with E-state index in [0.29, 0.717) is 34.7 Å². The van der Waals surface area contributed by atoms with Gasteiger partial charge in [0.1, 0.15) is 11.5 Å². The highest BCUT2D eigenvalue weighted by atomic mass is 79.9. The van der Waals surface area contributed by atoms with Gasteiger partial charge in [-0.25, -0.2) is 0 Å². The maximum absolute atomic E-state index is 12.9. The molecule has 0 aromatic heterocycles. The molecule has 158 valence electrons. The Morgan fingerprint density at radius 2 is 1.83 bits per heavy atom. The van der Waals surface area contributed by atoms with Crippen molar-refractivity contribution in [3.63, 3.8) is 0 Å². The summed E-state index contributed by atoms with van der Waals surface area (Å²) < 4.78 is 5.89. The summed E-state index contributed by atoms with van der Waals surface area (Å²) in [7, 11) is 1.55. The minimum absolute atomic E-state index is 0.114. The van der Waals surface area contributed by atoms with Crippen LogP contribution in [0.4, 0.5) is 0 Å². The summed E-state index contributed by atoms with van der Waals surface area (Å²) in [6.07, 6.45) is 0.710. The van der Waals surface area contributed by atoms with Gasteiger partial charge in [-0.1, -0.05) is 45.0 Å². The van der Waals surface area contributed by atoms with Gasteiger partial charge in [0.15, 0.2) is 0 Å². The minimum Gasteiger partial charge on any atom is -0.507 e. The first-order chi connectivity index (χ1) is 14.3. The van der Waals surface area contributed by atoms with E-state index >= 15 is 0 Å². The minimum atomic E-state index is -0.661. The number of methoxy groups -OCH3 is 1. The van der Waals surface area contributed by atoms with Crippen LogP contribution in [0.25, 0.3) is 5.76 Å². The fourth-order valence-corrected chi connectivity index (χ4v) is 4.27. The van der Waals surface area contributed by atoms with Gasteiger partial charge in [-0.3, -0.25) is 9.59 Å². The van der Waals surface area contributed by atoms with Gasteiger partial charge in [-0.15, -0.1) is 0 Å². The summed E-state index contributed by atoms with van der Waals surface area (Å²) >= 11 is 3.41. The number of ketones is 1. The molecule has 0 saturated carbocycles. The Morgan fingerprint density at radius 1 is 1.17 bits per heavy atom. The monoisotopic (exact) mass is 471 g/mol. The van der Waals surface area contributed by atoms with E-state index in [1.165, 1.54) is 5.56 Å². The Hall–Kier alpha value is -2.60. The van der Waals surface area contributed by atoms with Gasteiger partial charge in [0.25, 0.3) is 11.7 Å². The quantitative estimate of drug-likeness (QED) is 0.347. The van der Waals surface area contributed by atoms with E-state index in [-0.39, 0.29) is 11.3 Å². The standard InChI is InChI=1S/C24H26BrNO4/c1-5-12-26-21(16-8-6-15(7-9-16)14(2)3)20(23(28)24(26)29)22(27)17-10-11-19(30-4)18(25)13-17/h6-11,13-14,21,27H,5,12H2,1-4H3/b22-20-. The Bertz CT molecular complexity index is 995. The van der Waals surface area contributed by atoms with Crippen LogP contribution in [0.3, 0.4) is 0 Å². The van der Waals surface area contributed by atoms with E-state index in [0.717, 1.165) is 5.56 Å². The lowest BCUT2D eigenvalue weighted by Gasteiger charge is -2.25. The third-order valence-electron chi connectivity index (χ3n) is 5.35. The number of ether oxygens (including phenoxy) is 1. The molecule has 0 bridgehead atoms. The number of amides is 1. The molecule has 1 atom stereocenters. The molecule has 6 heteroatoms. The lowest BCUT2D eigenvalue weighted by Crippen LogP contribution is -2.30. The number of likely N-dealkylation sites (tertiary alicyclic amines) is 1. The summed E-state index contributed by atoms with van der Waals surface area (Å²) in [6, 6.07) is 12.3. The molecule has 5 nitrogen and oxygen atoms in total. The van der Waals surface area contributed by atoms with Gasteiger partial charge < -0.3 is 14.7 Å². The van der Waals surface area contributed by atoms with Crippen molar-refractivity contribution in [3.8, 4) is 5.75 Å². The normalized spacial score (nSPS) is 18.3. The fourth-order valence-electron chi connectivity index (χ4n) is 3.73. The van der Waals surface area contributed by atoms with Gasteiger partial charge in [0.2, 0.25) is 0 Å². The van der Waals surface area contributed by atoms with E-state index in [1.54, 1.807) is 30.2 Å². The molecule has 0 radical (unpaired) electrons. The van der Waals surface area contributed by atoms with E-state index in [9.17, 15) is 14.7 Å². The lowest BCUT2D eigenvalue weighted by molar-refractivity contribution is -0.139. The Labute approximate surface area is 185 Å². The fraction of sp³-hybridized carbons (Fsp3) is 0.333. The van der Waals surface area contributed by atoms with Crippen LogP contribution in [0.5, 0.6) is 5.75 Å². The molecule has 1 aliphatic rings. The van der Waals surface area contributed by atoms with Gasteiger partial charge >= 0.3 is 0 Å². The number of halogens is 1. The molecule has 1 aliphatic heterocycles. The number of rotatable bonds is 6. The van der Waals surface area contributed by atoms with E-state index in [2.05, 4.69) is 29.8 Å². The van der Waals surface area contributed by atoms with Crippen LogP contribution in [0.1, 0.15) is 55.8 Å². The second kappa shape index (κ2) is 9.04. The van der Waals surface area contributed by atoms with Crippen molar-refractivity contribution in [3.05, 3.63) is 69.2 Å². The van der Waals surface area contributed by atoms with Gasteiger partial charge in [-0.05, 0) is 57.6 Å². The van der Waals surface area contributed by atoms with Gasteiger partial charge in [0, 0.05) is 12.1 Å². The molecule has 1 N–H and O–H groups in total. The third-order valence-corrected chi connectivity index (χ3v) is 5.97. The molecule has 1 saturated heterocycles. The maximum Gasteiger partial charge on any atom is 0.295 e. The summed E-state index contributed by atoms with van der Waals surface area (Å²) in [5.41, 5.74) is 2.54. The number of benzene rings is 2. The van der Waals surface area contributed by atoms with E-state index < -0.39 is 17.7 Å². The summed E-state index contributed by atoms with van der Waals surface area (Å²) in [6.45, 7) is 6.61. The smallest absolute Gasteiger partial charge is 0.295 e. The Morgan fingerprint density at radius 3 is 2.37 bits per heavy atom. The molecule has 1 amide bonds. The molecule has 3 rings (SSSR count). The number of nitrogens with zero attached hydrogens (tertiary/aromatic N) is 1. The summed E-state index contributed by atoms with van der Waals surface area (Å²) in [5.74, 6) is -0.445. The molecule has 30 heavy (non-hydrogen) atoms. The average Bonchev–Trinajstić information content (AvgIpc) is 2.98. The van der Waals surface area contributed by atoms with Crippen LogP contribution in [0.2, 0.25) is 0 Å². The first-order valence-electron chi connectivity index (χ1n) is 10.0. The lowest BCUT2D eigenvalue weighted by atomic mass is 9.93. The summed E-state index contributed by atoms with van der Waals surface area (Å²) in [5, 5.41) is 11.1. The zero-order valence-electron chi connectivity index (χ0n) is 17.6. The van der Waals surface area contributed by atoms with Crippen LogP contribution >= 0.6 is 15.9 Å². The zero-order chi connectivity index (χ0) is 22.0. The highest BCUT2D eigenvalue weighted by Gasteiger charge is 2.45. The predicted octanol–water partition coefficient (Wildman–Crippen LogP) is 5.41. The molecule has 0 spiro atoms. The number of Topliss-reactive ketones (excluding diaryl/α,β-unsaturated/α-hetero) is 1. The van der Waals surface area contributed by atoms with Crippen molar-refractivity contribution in [1.82, 2.24) is 4.90 Å². The van der Waals surface area contributed by atoms with Crippen molar-refractivity contribution in [2.24, 2.45) is 0 Å². The van der Waals surface area contributed by atoms with Crippen molar-refractivity contribution in [2.45, 2.75) is 39.2 Å². The summed E-state index contributed by atoms with van der Waals surface area (Å²) in [4.78, 5) is 27.2. The van der Waals surface area contributed by atoms with Crippen molar-refractivity contribution >= 4 is 33.4 Å². The molecule has 0 aliphatic carbocycles. The first kappa shape index (κ1) is 22.1. The number of carbonyl (C=O) groups is 2. The number of aliphatic hydroxyl groups excluding tert-OH is 1. The van der Waals surface area contributed by atoms with Crippen molar-refractivity contribution in [1.29, 1.82) is 0 Å². The Balaban J connectivity index is 2.15. The number of hydrogen-bond donors (Lipinski definition) is 1. The largest absolute Gasteiger partial charge is 0.507 e.